The molecule has 6 rings (SSSR count). The van der Waals surface area contributed by atoms with E-state index in [0.29, 0.717) is 17.3 Å². The van der Waals surface area contributed by atoms with Gasteiger partial charge in [-0.1, -0.05) is 36.4 Å². The van der Waals surface area contributed by atoms with Crippen LogP contribution in [0.2, 0.25) is 0 Å². The minimum atomic E-state index is -4.72. The Kier molecular flexibility index (Phi) is 8.72. The lowest BCUT2D eigenvalue weighted by molar-refractivity contribution is -0.137. The van der Waals surface area contributed by atoms with Crippen molar-refractivity contribution >= 4 is 23.5 Å². The van der Waals surface area contributed by atoms with E-state index in [1.54, 1.807) is 37.3 Å². The first-order valence-corrected chi connectivity index (χ1v) is 15.0. The number of morpholine rings is 1. The molecule has 0 radical (unpaired) electrons. The van der Waals surface area contributed by atoms with Crippen LogP contribution < -0.4 is 10.2 Å². The Morgan fingerprint density at radius 3 is 2.46 bits per heavy atom. The van der Waals surface area contributed by atoms with E-state index in [1.165, 1.54) is 32.7 Å². The Morgan fingerprint density at radius 1 is 1.06 bits per heavy atom. The van der Waals surface area contributed by atoms with Gasteiger partial charge in [-0.2, -0.15) is 23.5 Å². The number of nitrogens with zero attached hydrogens (tertiary/aromatic N) is 5. The monoisotopic (exact) mass is 660 g/mol. The summed E-state index contributed by atoms with van der Waals surface area (Å²) >= 11 is 0. The van der Waals surface area contributed by atoms with Crippen molar-refractivity contribution in [1.82, 2.24) is 20.0 Å². The summed E-state index contributed by atoms with van der Waals surface area (Å²) in [6, 6.07) is 17.3. The number of benzene rings is 3. The maximum Gasteiger partial charge on any atom is 0.416 e. The van der Waals surface area contributed by atoms with Crippen molar-refractivity contribution in [2.45, 2.75) is 31.1 Å². The van der Waals surface area contributed by atoms with Crippen molar-refractivity contribution in [1.29, 1.82) is 5.26 Å². The molecule has 1 aromatic heterocycles. The molecule has 3 aromatic carbocycles. The number of nitrogens with one attached hydrogen (secondary N) is 1. The number of carbonyl (C=O) groups is 3. The van der Waals surface area contributed by atoms with Crippen LogP contribution in [0.3, 0.4) is 0 Å². The van der Waals surface area contributed by atoms with E-state index in [9.17, 15) is 37.2 Å². The lowest BCUT2D eigenvalue weighted by Crippen LogP contribution is -2.56. The molecule has 3 amide bonds. The highest BCUT2D eigenvalue weighted by Crippen LogP contribution is 2.44. The van der Waals surface area contributed by atoms with Crippen molar-refractivity contribution in [3.8, 4) is 11.8 Å². The van der Waals surface area contributed by atoms with Gasteiger partial charge in [0.05, 0.1) is 30.5 Å². The molecule has 3 heterocycles. The maximum absolute atomic E-state index is 14.4. The number of rotatable bonds is 6. The minimum Gasteiger partial charge on any atom is -0.376 e. The normalized spacial score (nSPS) is 19.4. The maximum atomic E-state index is 14.4. The number of anilines is 1. The number of halogens is 4. The number of ether oxygens (including phenoxy) is 1. The highest BCUT2D eigenvalue weighted by atomic mass is 19.4. The summed E-state index contributed by atoms with van der Waals surface area (Å²) in [5, 5.41) is 17.1. The molecule has 4 aromatic rings. The first-order chi connectivity index (χ1) is 23.0. The van der Waals surface area contributed by atoms with Crippen molar-refractivity contribution in [2.24, 2.45) is 0 Å². The number of alkyl halides is 3. The van der Waals surface area contributed by atoms with Gasteiger partial charge in [0.25, 0.3) is 17.7 Å². The summed E-state index contributed by atoms with van der Waals surface area (Å²) in [5.41, 5.74) is -0.458. The van der Waals surface area contributed by atoms with Crippen LogP contribution in [0.4, 0.5) is 23.4 Å². The molecule has 3 atom stereocenters. The molecule has 10 nitrogen and oxygen atoms in total. The number of hydrogen-bond donors (Lipinski definition) is 1. The Morgan fingerprint density at radius 2 is 1.79 bits per heavy atom. The average molecular weight is 661 g/mol. The first-order valence-electron chi connectivity index (χ1n) is 15.0. The van der Waals surface area contributed by atoms with Crippen LogP contribution in [0.1, 0.15) is 50.4 Å². The largest absolute Gasteiger partial charge is 0.416 e. The third-order valence-corrected chi connectivity index (χ3v) is 8.35. The molecule has 1 N–H and O–H groups in total. The fraction of sp³-hybridized carbons (Fsp3) is 0.265. The van der Waals surface area contributed by atoms with Crippen LogP contribution >= 0.6 is 0 Å². The number of nitriles is 1. The number of amides is 3. The molecule has 1 saturated heterocycles. The Hall–Kier alpha value is -5.55. The molecule has 14 heteroatoms. The predicted molar refractivity (Wildman–Crippen MR) is 164 cm³/mol. The van der Waals surface area contributed by atoms with Crippen LogP contribution in [0.15, 0.2) is 78.9 Å². The summed E-state index contributed by atoms with van der Waals surface area (Å²) in [7, 11) is 0. The lowest BCUT2D eigenvalue weighted by Gasteiger charge is -2.39. The van der Waals surface area contributed by atoms with Crippen molar-refractivity contribution in [2.75, 3.05) is 31.2 Å². The van der Waals surface area contributed by atoms with Gasteiger partial charge < -0.3 is 15.0 Å². The second-order valence-electron chi connectivity index (χ2n) is 11.2. The van der Waals surface area contributed by atoms with Gasteiger partial charge in [0, 0.05) is 30.1 Å². The topological polar surface area (TPSA) is 121 Å². The van der Waals surface area contributed by atoms with Gasteiger partial charge in [0.1, 0.15) is 23.7 Å². The number of likely N-dealkylation sites (N-methyl/N-ethyl adjacent to an activating group) is 1. The quantitative estimate of drug-likeness (QED) is 0.300. The Labute approximate surface area is 272 Å². The van der Waals surface area contributed by atoms with Gasteiger partial charge in [-0.25, -0.2) is 9.07 Å². The van der Waals surface area contributed by atoms with Gasteiger partial charge in [0.2, 0.25) is 0 Å². The number of para-hydroxylation sites is 1. The fourth-order valence-corrected chi connectivity index (χ4v) is 6.09. The summed E-state index contributed by atoms with van der Waals surface area (Å²) in [4.78, 5) is 45.0. The SMILES string of the molecule is CCN1C(=O)[C@@H](NC(=O)c2cccc(C(F)(F)F)c2)[C@@H](c2ccc(F)cc2)c2c(C(=O)N3CCOC[C@@H]3C#N)nn(-c3ccccc3)c21. The van der Waals surface area contributed by atoms with E-state index in [-0.39, 0.29) is 48.9 Å². The summed E-state index contributed by atoms with van der Waals surface area (Å²) in [5.74, 6) is -3.73. The summed E-state index contributed by atoms with van der Waals surface area (Å²) in [6.07, 6.45) is -4.72. The Bertz CT molecular complexity index is 1910. The van der Waals surface area contributed by atoms with Crippen LogP contribution in [0, 0.1) is 17.1 Å². The van der Waals surface area contributed by atoms with Gasteiger partial charge in [-0.05, 0) is 55.0 Å². The average Bonchev–Trinajstić information content (AvgIpc) is 3.48. The van der Waals surface area contributed by atoms with E-state index in [1.807, 2.05) is 0 Å². The summed E-state index contributed by atoms with van der Waals surface area (Å²) < 4.78 is 61.6. The molecule has 2 aliphatic heterocycles. The van der Waals surface area contributed by atoms with E-state index < -0.39 is 53.3 Å². The minimum absolute atomic E-state index is 0.0273. The zero-order chi connectivity index (χ0) is 34.2. The second kappa shape index (κ2) is 12.9. The van der Waals surface area contributed by atoms with E-state index in [4.69, 9.17) is 9.84 Å². The third-order valence-electron chi connectivity index (χ3n) is 8.35. The number of hydrogen-bond acceptors (Lipinski definition) is 6. The molecule has 2 aliphatic rings. The van der Waals surface area contributed by atoms with Gasteiger partial charge >= 0.3 is 6.18 Å². The molecule has 48 heavy (non-hydrogen) atoms. The Balaban J connectivity index is 1.57. The highest BCUT2D eigenvalue weighted by molar-refractivity contribution is 6.07. The van der Waals surface area contributed by atoms with Gasteiger partial charge in [-0.15, -0.1) is 0 Å². The van der Waals surface area contributed by atoms with E-state index in [2.05, 4.69) is 11.4 Å². The molecule has 0 aliphatic carbocycles. The molecular formula is C34H28F4N6O4. The van der Waals surface area contributed by atoms with Crippen LogP contribution in [0.5, 0.6) is 0 Å². The van der Waals surface area contributed by atoms with Gasteiger partial charge in [0.15, 0.2) is 5.69 Å². The summed E-state index contributed by atoms with van der Waals surface area (Å²) in [6.45, 7) is 1.96. The van der Waals surface area contributed by atoms with E-state index >= 15 is 0 Å². The number of fused-ring (bicyclic) bond motifs is 1. The van der Waals surface area contributed by atoms with E-state index in [0.717, 1.165) is 24.3 Å². The van der Waals surface area contributed by atoms with Gasteiger partial charge in [-0.3, -0.25) is 19.3 Å². The first kappa shape index (κ1) is 32.4. The molecule has 1 fully saturated rings. The predicted octanol–water partition coefficient (Wildman–Crippen LogP) is 4.69. The standard InChI is InChI=1S/C34H28F4N6O4/c1-2-42-31-27(29(41-44(31)24-9-4-3-5-10-24)33(47)43-15-16-48-19-25(43)18-39)26(20-11-13-23(35)14-12-20)28(32(42)46)40-30(45)21-7-6-8-22(17-21)34(36,37)38/h3-14,17,25-26,28H,2,15-16,19H2,1H3,(H,40,45)/t25-,26-,28-/m0/s1. The zero-order valence-corrected chi connectivity index (χ0v) is 25.4. The van der Waals surface area contributed by atoms with Crippen LogP contribution in [0.25, 0.3) is 5.69 Å². The van der Waals surface area contributed by atoms with Crippen molar-refractivity contribution in [3.63, 3.8) is 0 Å². The highest BCUT2D eigenvalue weighted by Gasteiger charge is 2.48. The number of carbonyl (C=O) groups excluding carboxylic acids is 3. The van der Waals surface area contributed by atoms with Crippen molar-refractivity contribution in [3.05, 3.63) is 113 Å². The molecule has 0 bridgehead atoms. The molecular weight excluding hydrogens is 632 g/mol. The zero-order valence-electron chi connectivity index (χ0n) is 25.4. The molecule has 0 saturated carbocycles. The lowest BCUT2D eigenvalue weighted by atomic mass is 9.80. The van der Waals surface area contributed by atoms with Crippen LogP contribution in [-0.2, 0) is 15.7 Å². The molecule has 0 spiro atoms. The third kappa shape index (κ3) is 5.88. The van der Waals surface area contributed by atoms with Crippen LogP contribution in [-0.4, -0.2) is 70.8 Å². The number of aromatic nitrogens is 2. The fourth-order valence-electron chi connectivity index (χ4n) is 6.09. The smallest absolute Gasteiger partial charge is 0.376 e. The van der Waals surface area contributed by atoms with Crippen molar-refractivity contribution < 1.29 is 36.7 Å². The second-order valence-corrected chi connectivity index (χ2v) is 11.2. The molecule has 246 valence electrons. The molecule has 0 unspecified atom stereocenters.